The van der Waals surface area contributed by atoms with Gasteiger partial charge in [-0.05, 0) is 36.6 Å². The van der Waals surface area contributed by atoms with Gasteiger partial charge in [-0.3, -0.25) is 4.79 Å². The Bertz CT molecular complexity index is 360. The largest absolute Gasteiger partial charge is 0.399 e. The normalized spacial score (nSPS) is 12.5. The number of aliphatic hydroxyl groups is 1. The summed E-state index contributed by atoms with van der Waals surface area (Å²) in [7, 11) is 0. The molecule has 1 aromatic rings. The third-order valence-electron chi connectivity index (χ3n) is 2.41. The summed E-state index contributed by atoms with van der Waals surface area (Å²) in [5.41, 5.74) is 6.71. The van der Waals surface area contributed by atoms with Gasteiger partial charge < -0.3 is 16.2 Å². The zero-order chi connectivity index (χ0) is 12.8. The molecule has 1 amide bonds. The van der Waals surface area contributed by atoms with E-state index in [2.05, 4.69) is 5.32 Å². The van der Waals surface area contributed by atoms with Crippen LogP contribution in [0.2, 0.25) is 0 Å². The fraction of sp³-hybridized carbons (Fsp3) is 0.462. The van der Waals surface area contributed by atoms with E-state index in [-0.39, 0.29) is 12.5 Å². The fourth-order valence-electron chi connectivity index (χ4n) is 1.57. The van der Waals surface area contributed by atoms with Gasteiger partial charge in [0.1, 0.15) is 0 Å². The molecule has 0 heterocycles. The second-order valence-corrected chi connectivity index (χ2v) is 4.62. The van der Waals surface area contributed by atoms with Gasteiger partial charge in [0.05, 0.1) is 6.10 Å². The van der Waals surface area contributed by atoms with Crippen LogP contribution in [-0.2, 0) is 0 Å². The lowest BCUT2D eigenvalue weighted by Crippen LogP contribution is -2.32. The number of hydrogen-bond donors (Lipinski definition) is 3. The second kappa shape index (κ2) is 6.25. The molecule has 4 heteroatoms. The van der Waals surface area contributed by atoms with Crippen molar-refractivity contribution in [2.24, 2.45) is 5.92 Å². The highest BCUT2D eigenvalue weighted by Crippen LogP contribution is 2.06. The predicted molar refractivity (Wildman–Crippen MR) is 68.6 cm³/mol. The van der Waals surface area contributed by atoms with Crippen molar-refractivity contribution in [3.05, 3.63) is 29.8 Å². The van der Waals surface area contributed by atoms with E-state index in [1.54, 1.807) is 24.3 Å². The van der Waals surface area contributed by atoms with Crippen LogP contribution in [0.3, 0.4) is 0 Å². The number of nitrogens with two attached hydrogens (primary N) is 1. The number of hydrogen-bond acceptors (Lipinski definition) is 3. The molecule has 0 fully saturated rings. The molecule has 1 atom stereocenters. The molecule has 0 aliphatic rings. The lowest BCUT2D eigenvalue weighted by Gasteiger charge is -2.13. The lowest BCUT2D eigenvalue weighted by atomic mass is 10.1. The van der Waals surface area contributed by atoms with Crippen LogP contribution in [0.15, 0.2) is 24.3 Å². The molecule has 0 aliphatic heterocycles. The molecule has 0 spiro atoms. The molecule has 4 nitrogen and oxygen atoms in total. The summed E-state index contributed by atoms with van der Waals surface area (Å²) >= 11 is 0. The van der Waals surface area contributed by atoms with Crippen LogP contribution in [0.5, 0.6) is 0 Å². The SMILES string of the molecule is CC(C)CC(O)CNC(=O)c1ccc(N)cc1. The third kappa shape index (κ3) is 4.87. The molecule has 1 rings (SSSR count). The first-order valence-corrected chi connectivity index (χ1v) is 5.81. The smallest absolute Gasteiger partial charge is 0.251 e. The Morgan fingerprint density at radius 2 is 1.94 bits per heavy atom. The number of amides is 1. The molecular weight excluding hydrogens is 216 g/mol. The first-order valence-electron chi connectivity index (χ1n) is 5.81. The number of anilines is 1. The summed E-state index contributed by atoms with van der Waals surface area (Å²) in [5, 5.41) is 12.3. The highest BCUT2D eigenvalue weighted by Gasteiger charge is 2.10. The van der Waals surface area contributed by atoms with Crippen molar-refractivity contribution in [3.8, 4) is 0 Å². The number of nitrogen functional groups attached to an aromatic ring is 1. The molecule has 94 valence electrons. The molecule has 0 aliphatic carbocycles. The quantitative estimate of drug-likeness (QED) is 0.676. The van der Waals surface area contributed by atoms with E-state index in [4.69, 9.17) is 5.73 Å². The molecule has 0 bridgehead atoms. The van der Waals surface area contributed by atoms with Gasteiger partial charge in [-0.1, -0.05) is 13.8 Å². The fourth-order valence-corrected chi connectivity index (χ4v) is 1.57. The Kier molecular flexibility index (Phi) is 4.97. The summed E-state index contributed by atoms with van der Waals surface area (Å²) in [6.45, 7) is 4.34. The van der Waals surface area contributed by atoms with Crippen LogP contribution >= 0.6 is 0 Å². The molecule has 0 saturated carbocycles. The molecule has 4 N–H and O–H groups in total. The maximum Gasteiger partial charge on any atom is 0.251 e. The van der Waals surface area contributed by atoms with E-state index in [1.807, 2.05) is 13.8 Å². The van der Waals surface area contributed by atoms with Crippen LogP contribution in [0, 0.1) is 5.92 Å². The van der Waals surface area contributed by atoms with Gasteiger partial charge >= 0.3 is 0 Å². The second-order valence-electron chi connectivity index (χ2n) is 4.62. The molecule has 0 saturated heterocycles. The highest BCUT2D eigenvalue weighted by atomic mass is 16.3. The summed E-state index contributed by atoms with van der Waals surface area (Å²) in [5.74, 6) is 0.228. The van der Waals surface area contributed by atoms with Crippen molar-refractivity contribution in [2.75, 3.05) is 12.3 Å². The average molecular weight is 236 g/mol. The van der Waals surface area contributed by atoms with E-state index in [1.165, 1.54) is 0 Å². The zero-order valence-electron chi connectivity index (χ0n) is 10.3. The molecule has 0 radical (unpaired) electrons. The van der Waals surface area contributed by atoms with Crippen molar-refractivity contribution in [3.63, 3.8) is 0 Å². The van der Waals surface area contributed by atoms with E-state index < -0.39 is 6.10 Å². The number of benzene rings is 1. The van der Waals surface area contributed by atoms with Gasteiger partial charge in [-0.15, -0.1) is 0 Å². The van der Waals surface area contributed by atoms with E-state index in [9.17, 15) is 9.90 Å². The Hall–Kier alpha value is -1.55. The van der Waals surface area contributed by atoms with Crippen molar-refractivity contribution in [1.29, 1.82) is 0 Å². The predicted octanol–water partition coefficient (Wildman–Crippen LogP) is 1.41. The number of carbonyl (C=O) groups is 1. The third-order valence-corrected chi connectivity index (χ3v) is 2.41. The van der Waals surface area contributed by atoms with Gasteiger partial charge in [0.25, 0.3) is 5.91 Å². The molecule has 0 aromatic heterocycles. The Morgan fingerprint density at radius 3 is 2.47 bits per heavy atom. The Labute approximate surface area is 102 Å². The van der Waals surface area contributed by atoms with E-state index >= 15 is 0 Å². The number of aliphatic hydroxyl groups excluding tert-OH is 1. The van der Waals surface area contributed by atoms with Crippen LogP contribution in [0.4, 0.5) is 5.69 Å². The van der Waals surface area contributed by atoms with Gasteiger partial charge in [0, 0.05) is 17.8 Å². The van der Waals surface area contributed by atoms with Crippen molar-refractivity contribution >= 4 is 11.6 Å². The first-order chi connectivity index (χ1) is 7.99. The van der Waals surface area contributed by atoms with Crippen LogP contribution in [0.1, 0.15) is 30.6 Å². The van der Waals surface area contributed by atoms with Crippen molar-refractivity contribution in [2.45, 2.75) is 26.4 Å². The zero-order valence-corrected chi connectivity index (χ0v) is 10.3. The minimum absolute atomic E-state index is 0.187. The minimum Gasteiger partial charge on any atom is -0.399 e. The van der Waals surface area contributed by atoms with Gasteiger partial charge in [0.15, 0.2) is 0 Å². The first kappa shape index (κ1) is 13.5. The Morgan fingerprint density at radius 1 is 1.35 bits per heavy atom. The van der Waals surface area contributed by atoms with Crippen molar-refractivity contribution < 1.29 is 9.90 Å². The number of rotatable bonds is 5. The standard InChI is InChI=1S/C13H20N2O2/c1-9(2)7-12(16)8-15-13(17)10-3-5-11(14)6-4-10/h3-6,9,12,16H,7-8,14H2,1-2H3,(H,15,17). The average Bonchev–Trinajstić information content (AvgIpc) is 2.26. The van der Waals surface area contributed by atoms with Gasteiger partial charge in [-0.2, -0.15) is 0 Å². The molecular formula is C13H20N2O2. The summed E-state index contributed by atoms with van der Waals surface area (Å²) in [6, 6.07) is 6.69. The monoisotopic (exact) mass is 236 g/mol. The summed E-state index contributed by atoms with van der Waals surface area (Å²) < 4.78 is 0. The van der Waals surface area contributed by atoms with Gasteiger partial charge in [0.2, 0.25) is 0 Å². The number of carbonyl (C=O) groups excluding carboxylic acids is 1. The maximum absolute atomic E-state index is 11.7. The highest BCUT2D eigenvalue weighted by molar-refractivity contribution is 5.94. The molecule has 17 heavy (non-hydrogen) atoms. The molecule has 1 unspecified atom stereocenters. The maximum atomic E-state index is 11.7. The topological polar surface area (TPSA) is 75.3 Å². The van der Waals surface area contributed by atoms with Crippen molar-refractivity contribution in [1.82, 2.24) is 5.32 Å². The van der Waals surface area contributed by atoms with Crippen LogP contribution < -0.4 is 11.1 Å². The summed E-state index contributed by atoms with van der Waals surface area (Å²) in [6.07, 6.45) is 0.190. The van der Waals surface area contributed by atoms with Crippen LogP contribution in [-0.4, -0.2) is 23.7 Å². The number of nitrogens with one attached hydrogen (secondary N) is 1. The lowest BCUT2D eigenvalue weighted by molar-refractivity contribution is 0.0900. The van der Waals surface area contributed by atoms with E-state index in [0.29, 0.717) is 23.6 Å². The molecule has 1 aromatic carbocycles. The van der Waals surface area contributed by atoms with Gasteiger partial charge in [-0.25, -0.2) is 0 Å². The summed E-state index contributed by atoms with van der Waals surface area (Å²) in [4.78, 5) is 11.7. The Balaban J connectivity index is 2.42. The van der Waals surface area contributed by atoms with Crippen LogP contribution in [0.25, 0.3) is 0 Å². The minimum atomic E-state index is -0.493. The van der Waals surface area contributed by atoms with E-state index in [0.717, 1.165) is 0 Å².